The summed E-state index contributed by atoms with van der Waals surface area (Å²) in [4.78, 5) is 0. The van der Waals surface area contributed by atoms with Crippen molar-refractivity contribution in [1.29, 1.82) is 0 Å². The van der Waals surface area contributed by atoms with Crippen LogP contribution in [0.15, 0.2) is 0 Å². The van der Waals surface area contributed by atoms with Gasteiger partial charge in [-0.1, -0.05) is 0 Å². The summed E-state index contributed by atoms with van der Waals surface area (Å²) in [6.45, 7) is -0.499. The summed E-state index contributed by atoms with van der Waals surface area (Å²) in [6, 6.07) is -3.27. The quantitative estimate of drug-likeness (QED) is 0.174. The lowest BCUT2D eigenvalue weighted by molar-refractivity contribution is -0.314. The van der Waals surface area contributed by atoms with Gasteiger partial charge in [0.25, 0.3) is 0 Å². The average molecular weight is 468 g/mol. The monoisotopic (exact) mass is 467 g/mol. The van der Waals surface area contributed by atoms with Crippen LogP contribution >= 0.6 is 0 Å². The Morgan fingerprint density at radius 1 is 0.719 bits per heavy atom. The van der Waals surface area contributed by atoms with Crippen molar-refractivity contribution in [2.45, 2.75) is 98.4 Å². The Morgan fingerprint density at radius 2 is 1.28 bits per heavy atom. The lowest BCUT2D eigenvalue weighted by Gasteiger charge is -2.47. The molecule has 15 N–H and O–H groups in total. The molecule has 0 aromatic carbocycles. The summed E-state index contributed by atoms with van der Waals surface area (Å²) in [6.07, 6.45) is -10.8. The van der Waals surface area contributed by atoms with Crippen LogP contribution in [0.3, 0.4) is 0 Å². The van der Waals surface area contributed by atoms with Gasteiger partial charge in [0.15, 0.2) is 12.6 Å². The van der Waals surface area contributed by atoms with Crippen LogP contribution in [0.5, 0.6) is 0 Å². The van der Waals surface area contributed by atoms with Crippen molar-refractivity contribution in [2.75, 3.05) is 13.2 Å². The number of nitrogens with two attached hydrogens (primary N) is 5. The van der Waals surface area contributed by atoms with Crippen LogP contribution in [0.2, 0.25) is 0 Å². The number of aliphatic hydroxyl groups excluding tert-OH is 5. The van der Waals surface area contributed by atoms with Crippen LogP contribution in [0.25, 0.3) is 0 Å². The minimum Gasteiger partial charge on any atom is -0.394 e. The lowest BCUT2D eigenvalue weighted by atomic mass is 9.84. The zero-order chi connectivity index (χ0) is 23.7. The normalized spacial score (nSPS) is 52.7. The molecule has 0 unspecified atom stereocenters. The summed E-state index contributed by atoms with van der Waals surface area (Å²) in [5, 5.41) is 50.7. The summed E-state index contributed by atoms with van der Waals surface area (Å²) >= 11 is 0. The van der Waals surface area contributed by atoms with E-state index in [2.05, 4.69) is 0 Å². The minimum atomic E-state index is -1.44. The van der Waals surface area contributed by atoms with E-state index in [0.717, 1.165) is 0 Å². The summed E-state index contributed by atoms with van der Waals surface area (Å²) in [5.41, 5.74) is 29.8. The molecule has 14 nitrogen and oxygen atoms in total. The van der Waals surface area contributed by atoms with Crippen LogP contribution in [0, 0.1) is 0 Å². The van der Waals surface area contributed by atoms with Crippen molar-refractivity contribution in [2.24, 2.45) is 28.7 Å². The van der Waals surface area contributed by atoms with Gasteiger partial charge < -0.3 is 73.1 Å². The molecule has 188 valence electrons. The molecule has 2 aliphatic heterocycles. The van der Waals surface area contributed by atoms with E-state index in [0.29, 0.717) is 0 Å². The molecule has 3 aliphatic rings. The largest absolute Gasteiger partial charge is 0.394 e. The standard InChI is InChI=1S/C18H37N5O9/c19-3-9-8(25)2-7(22)17(29-9)31-15-5(20)1-6(21)16(14(15)28)32-18-13(27)11(23)12(26)10(4-24)30-18/h5-18,24-28H,1-4,19-23H2/t5-,6+,7-,8-,9+,10-,11+,12+,13-,14+,15+,16+,17-,18-/m0/s1. The fourth-order valence-electron chi connectivity index (χ4n) is 4.43. The Kier molecular flexibility index (Phi) is 8.79. The van der Waals surface area contributed by atoms with Crippen molar-refractivity contribution in [3.8, 4) is 0 Å². The first-order valence-corrected chi connectivity index (χ1v) is 10.8. The molecule has 32 heavy (non-hydrogen) atoms. The highest BCUT2D eigenvalue weighted by Crippen LogP contribution is 2.30. The molecule has 0 spiro atoms. The molecule has 0 aromatic rings. The van der Waals surface area contributed by atoms with Crippen molar-refractivity contribution >= 4 is 0 Å². The predicted molar refractivity (Wildman–Crippen MR) is 108 cm³/mol. The molecular weight excluding hydrogens is 430 g/mol. The third-order valence-electron chi connectivity index (χ3n) is 6.41. The van der Waals surface area contributed by atoms with E-state index < -0.39 is 92.2 Å². The van der Waals surface area contributed by atoms with Crippen molar-refractivity contribution < 1.29 is 44.5 Å². The molecule has 0 bridgehead atoms. The SMILES string of the molecule is NC[C@H]1O[C@@H](O[C@H]2[C@@H](O)[C@H](O[C@@H]3O[C@@H](CO)[C@@H](O)[C@@H](N)[C@@H]3O)[C@H](N)C[C@@H]2N)[C@@H](N)C[C@@H]1O. The fraction of sp³-hybridized carbons (Fsp3) is 1.00. The first-order chi connectivity index (χ1) is 15.1. The lowest BCUT2D eigenvalue weighted by Crippen LogP contribution is -2.68. The Morgan fingerprint density at radius 3 is 1.84 bits per heavy atom. The molecule has 3 rings (SSSR count). The molecule has 3 fully saturated rings. The summed E-state index contributed by atoms with van der Waals surface area (Å²) in [5.74, 6) is 0. The van der Waals surface area contributed by atoms with E-state index in [4.69, 9.17) is 47.6 Å². The molecule has 14 heteroatoms. The van der Waals surface area contributed by atoms with Crippen LogP contribution in [0.4, 0.5) is 0 Å². The van der Waals surface area contributed by atoms with Crippen LogP contribution in [-0.4, -0.2) is 124 Å². The second-order valence-electron chi connectivity index (χ2n) is 8.78. The maximum atomic E-state index is 11.0. The van der Waals surface area contributed by atoms with Gasteiger partial charge in [-0.25, -0.2) is 0 Å². The van der Waals surface area contributed by atoms with Gasteiger partial charge in [-0.05, 0) is 12.8 Å². The molecule has 2 heterocycles. The Labute approximate surface area is 185 Å². The average Bonchev–Trinajstić information content (AvgIpc) is 2.75. The third-order valence-corrected chi connectivity index (χ3v) is 6.41. The van der Waals surface area contributed by atoms with E-state index >= 15 is 0 Å². The second-order valence-corrected chi connectivity index (χ2v) is 8.78. The van der Waals surface area contributed by atoms with Crippen LogP contribution in [-0.2, 0) is 18.9 Å². The van der Waals surface area contributed by atoms with E-state index in [1.165, 1.54) is 0 Å². The first kappa shape index (κ1) is 26.1. The van der Waals surface area contributed by atoms with Gasteiger partial charge >= 0.3 is 0 Å². The zero-order valence-corrected chi connectivity index (χ0v) is 17.7. The molecule has 0 radical (unpaired) electrons. The maximum absolute atomic E-state index is 11.0. The van der Waals surface area contributed by atoms with Crippen LogP contribution < -0.4 is 28.7 Å². The highest BCUT2D eigenvalue weighted by Gasteiger charge is 2.50. The van der Waals surface area contributed by atoms with Gasteiger partial charge in [0.1, 0.15) is 36.6 Å². The van der Waals surface area contributed by atoms with Gasteiger partial charge in [0.05, 0.1) is 30.9 Å². The van der Waals surface area contributed by atoms with Crippen molar-refractivity contribution in [3.63, 3.8) is 0 Å². The molecule has 0 aromatic heterocycles. The van der Waals surface area contributed by atoms with E-state index in [-0.39, 0.29) is 19.4 Å². The van der Waals surface area contributed by atoms with Gasteiger partial charge in [-0.15, -0.1) is 0 Å². The van der Waals surface area contributed by atoms with Crippen molar-refractivity contribution in [3.05, 3.63) is 0 Å². The Bertz CT molecular complexity index is 607. The van der Waals surface area contributed by atoms with E-state index in [1.54, 1.807) is 0 Å². The van der Waals surface area contributed by atoms with Crippen LogP contribution in [0.1, 0.15) is 12.8 Å². The predicted octanol–water partition coefficient (Wildman–Crippen LogP) is -6.30. The Balaban J connectivity index is 1.70. The second kappa shape index (κ2) is 10.8. The number of hydrogen-bond donors (Lipinski definition) is 10. The summed E-state index contributed by atoms with van der Waals surface area (Å²) in [7, 11) is 0. The van der Waals surface area contributed by atoms with E-state index in [9.17, 15) is 25.5 Å². The van der Waals surface area contributed by atoms with Gasteiger partial charge in [0.2, 0.25) is 0 Å². The minimum absolute atomic E-state index is 0.0542. The zero-order valence-electron chi connectivity index (χ0n) is 17.7. The van der Waals surface area contributed by atoms with Gasteiger partial charge in [-0.3, -0.25) is 0 Å². The van der Waals surface area contributed by atoms with E-state index in [1.807, 2.05) is 0 Å². The highest BCUT2D eigenvalue weighted by molar-refractivity contribution is 5.01. The number of aliphatic hydroxyl groups is 5. The first-order valence-electron chi connectivity index (χ1n) is 10.8. The van der Waals surface area contributed by atoms with Gasteiger partial charge in [0, 0.05) is 18.6 Å². The maximum Gasteiger partial charge on any atom is 0.186 e. The van der Waals surface area contributed by atoms with Gasteiger partial charge in [-0.2, -0.15) is 0 Å². The summed E-state index contributed by atoms with van der Waals surface area (Å²) < 4.78 is 22.7. The Hall–Kier alpha value is -0.560. The highest BCUT2D eigenvalue weighted by atomic mass is 16.7. The number of ether oxygens (including phenoxy) is 4. The molecule has 14 atom stereocenters. The molecule has 1 saturated carbocycles. The molecule has 0 amide bonds. The smallest absolute Gasteiger partial charge is 0.186 e. The third kappa shape index (κ3) is 5.24. The molecule has 2 saturated heterocycles. The number of rotatable bonds is 6. The fourth-order valence-corrected chi connectivity index (χ4v) is 4.43. The topological polar surface area (TPSA) is 268 Å². The molecule has 1 aliphatic carbocycles. The number of hydrogen-bond acceptors (Lipinski definition) is 14. The van der Waals surface area contributed by atoms with Crippen molar-refractivity contribution in [1.82, 2.24) is 0 Å². The molecular formula is C18H37N5O9.